The van der Waals surface area contributed by atoms with Crippen LogP contribution in [0.15, 0.2) is 72.3 Å². The number of allylic oxidation sites excluding steroid dienone is 2. The molecule has 4 saturated carbocycles. The lowest BCUT2D eigenvalue weighted by Gasteiger charge is -2.73. The van der Waals surface area contributed by atoms with Crippen LogP contribution in [0.1, 0.15) is 120 Å². The predicted molar refractivity (Wildman–Crippen MR) is 191 cm³/mol. The fraction of sp³-hybridized carbons (Fsp3) is 0.614. The Labute approximate surface area is 293 Å². The molecule has 2 aromatic rings. The van der Waals surface area contributed by atoms with Crippen LogP contribution in [0.25, 0.3) is 0 Å². The van der Waals surface area contributed by atoms with Crippen molar-refractivity contribution < 1.29 is 19.1 Å². The van der Waals surface area contributed by atoms with E-state index in [-0.39, 0.29) is 51.0 Å². The smallest absolute Gasteiger partial charge is 0.338 e. The van der Waals surface area contributed by atoms with Crippen LogP contribution in [0.4, 0.5) is 0 Å². The molecule has 0 bridgehead atoms. The number of nitriles is 1. The topological polar surface area (TPSA) is 76.4 Å². The molecule has 0 saturated heterocycles. The summed E-state index contributed by atoms with van der Waals surface area (Å²) in [6.07, 6.45) is 11.6. The van der Waals surface area contributed by atoms with E-state index in [0.717, 1.165) is 50.5 Å². The van der Waals surface area contributed by atoms with Gasteiger partial charge in [-0.3, -0.25) is 0 Å². The summed E-state index contributed by atoms with van der Waals surface area (Å²) >= 11 is 0. The normalized spacial score (nSPS) is 40.6. The minimum Gasteiger partial charge on any atom is -0.461 e. The lowest BCUT2D eigenvalue weighted by atomic mass is 9.31. The van der Waals surface area contributed by atoms with Gasteiger partial charge in [0, 0.05) is 16.4 Å². The maximum atomic E-state index is 13.2. The lowest BCUT2D eigenvalue weighted by molar-refractivity contribution is -0.253. The van der Waals surface area contributed by atoms with Crippen LogP contribution in [0.3, 0.4) is 0 Å². The largest absolute Gasteiger partial charge is 0.461 e. The van der Waals surface area contributed by atoms with Crippen molar-refractivity contribution in [2.45, 2.75) is 105 Å². The Kier molecular flexibility index (Phi) is 8.44. The average molecular weight is 662 g/mol. The SMILES string of the molecule is C[C@@H]1C(C#N)=CC[C@]2(COC(=O)c3ccccc3)CC[C@]3(C)[C@H](CC[C@@H]4[C@]5(C)CC[C@H](OC(=O)c6ccccc6)C(C)(C)[C@@H]5CC[C@]43C)[C@H]12. The zero-order valence-corrected chi connectivity index (χ0v) is 30.5. The zero-order chi connectivity index (χ0) is 34.8. The van der Waals surface area contributed by atoms with Crippen LogP contribution in [0, 0.1) is 68.0 Å². The number of hydrogen-bond acceptors (Lipinski definition) is 5. The molecule has 0 heterocycles. The summed E-state index contributed by atoms with van der Waals surface area (Å²) in [5.74, 6) is 1.49. The molecular formula is C44H55NO4. The fourth-order valence-corrected chi connectivity index (χ4v) is 13.1. The van der Waals surface area contributed by atoms with Gasteiger partial charge in [0.05, 0.1) is 23.8 Å². The maximum Gasteiger partial charge on any atom is 0.338 e. The second kappa shape index (κ2) is 12.1. The van der Waals surface area contributed by atoms with Crippen LogP contribution in [0.2, 0.25) is 0 Å². The summed E-state index contributed by atoms with van der Waals surface area (Å²) in [5, 5.41) is 10.2. The number of fused-ring (bicyclic) bond motifs is 7. The first-order chi connectivity index (χ1) is 23.3. The van der Waals surface area contributed by atoms with E-state index >= 15 is 0 Å². The van der Waals surface area contributed by atoms with E-state index in [0.29, 0.717) is 41.4 Å². The molecule has 0 radical (unpaired) electrons. The molecule has 0 unspecified atom stereocenters. The first-order valence-electron chi connectivity index (χ1n) is 18.9. The Morgan fingerprint density at radius 2 is 1.43 bits per heavy atom. The number of nitrogens with zero attached hydrogens (tertiary/aromatic N) is 1. The van der Waals surface area contributed by atoms with Gasteiger partial charge < -0.3 is 9.47 Å². The zero-order valence-electron chi connectivity index (χ0n) is 30.5. The molecule has 5 aliphatic rings. The Morgan fingerprint density at radius 1 is 0.776 bits per heavy atom. The molecule has 0 aliphatic heterocycles. The Balaban J connectivity index is 1.16. The highest BCUT2D eigenvalue weighted by atomic mass is 16.5. The number of esters is 2. The van der Waals surface area contributed by atoms with Crippen LogP contribution in [0.5, 0.6) is 0 Å². The van der Waals surface area contributed by atoms with Gasteiger partial charge in [-0.05, 0) is 128 Å². The van der Waals surface area contributed by atoms with Crippen LogP contribution in [-0.2, 0) is 9.47 Å². The van der Waals surface area contributed by atoms with Gasteiger partial charge in [-0.15, -0.1) is 0 Å². The monoisotopic (exact) mass is 661 g/mol. The first-order valence-corrected chi connectivity index (χ1v) is 18.9. The maximum absolute atomic E-state index is 13.2. The Hall–Kier alpha value is -3.39. The number of hydrogen-bond donors (Lipinski definition) is 0. The van der Waals surface area contributed by atoms with Crippen molar-refractivity contribution in [3.05, 3.63) is 83.4 Å². The van der Waals surface area contributed by atoms with E-state index in [4.69, 9.17) is 9.47 Å². The fourth-order valence-electron chi connectivity index (χ4n) is 13.1. The van der Waals surface area contributed by atoms with E-state index in [9.17, 15) is 14.9 Å². The van der Waals surface area contributed by atoms with Crippen LogP contribution >= 0.6 is 0 Å². The number of carbonyl (C=O) groups is 2. The molecule has 7 rings (SSSR count). The van der Waals surface area contributed by atoms with Gasteiger partial charge in [-0.2, -0.15) is 5.26 Å². The molecule has 5 heteroatoms. The van der Waals surface area contributed by atoms with Crippen molar-refractivity contribution in [1.29, 1.82) is 5.26 Å². The van der Waals surface area contributed by atoms with Crippen LogP contribution in [-0.4, -0.2) is 24.6 Å². The molecule has 49 heavy (non-hydrogen) atoms. The van der Waals surface area contributed by atoms with Crippen molar-refractivity contribution >= 4 is 11.9 Å². The van der Waals surface area contributed by atoms with E-state index in [1.165, 1.54) is 12.8 Å². The molecule has 0 spiro atoms. The quantitative estimate of drug-likeness (QED) is 0.298. The van der Waals surface area contributed by atoms with Crippen molar-refractivity contribution in [3.8, 4) is 6.07 Å². The summed E-state index contributed by atoms with van der Waals surface area (Å²) in [5.41, 5.74) is 2.30. The Morgan fingerprint density at radius 3 is 2.08 bits per heavy atom. The second-order valence-electron chi connectivity index (χ2n) is 17.9. The van der Waals surface area contributed by atoms with Gasteiger partial charge in [0.15, 0.2) is 0 Å². The first kappa shape index (κ1) is 34.1. The third-order valence-electron chi connectivity index (χ3n) is 15.8. The molecule has 2 aromatic carbocycles. The van der Waals surface area contributed by atoms with E-state index in [1.807, 2.05) is 60.7 Å². The summed E-state index contributed by atoms with van der Waals surface area (Å²) in [7, 11) is 0. The standard InChI is InChI=1S/C44H55NO4/c1-29-32(27-45)19-24-44(28-48-38(46)30-13-9-7-10-14-30)26-25-42(5)33(37(29)44)17-18-35-41(4)22-21-36(49-39(47)31-15-11-8-12-16-31)40(2,3)34(41)20-23-43(35,42)6/h7-16,19,29,33-37H,17-18,20-26,28H2,1-6H3/t29-,33-,34+,35-,36+,37+,41-,42-,43-,44-/m1/s1. The minimum absolute atomic E-state index is 0.0947. The highest BCUT2D eigenvalue weighted by molar-refractivity contribution is 5.89. The average Bonchev–Trinajstić information content (AvgIpc) is 3.09. The summed E-state index contributed by atoms with van der Waals surface area (Å²) in [4.78, 5) is 26.4. The van der Waals surface area contributed by atoms with Crippen molar-refractivity contribution in [2.75, 3.05) is 6.61 Å². The van der Waals surface area contributed by atoms with Gasteiger partial charge >= 0.3 is 11.9 Å². The van der Waals surface area contributed by atoms with Crippen LogP contribution < -0.4 is 0 Å². The molecule has 4 fully saturated rings. The lowest BCUT2D eigenvalue weighted by Crippen LogP contribution is -2.67. The van der Waals surface area contributed by atoms with E-state index in [1.54, 1.807) is 0 Å². The summed E-state index contributed by atoms with van der Waals surface area (Å²) in [6.45, 7) is 15.2. The van der Waals surface area contributed by atoms with Crippen molar-refractivity contribution in [2.24, 2.45) is 56.7 Å². The van der Waals surface area contributed by atoms with Gasteiger partial charge in [-0.1, -0.05) is 84.0 Å². The van der Waals surface area contributed by atoms with Gasteiger partial charge in [-0.25, -0.2) is 9.59 Å². The van der Waals surface area contributed by atoms with E-state index in [2.05, 4.69) is 53.7 Å². The molecule has 0 aromatic heterocycles. The minimum atomic E-state index is -0.251. The molecule has 5 aliphatic carbocycles. The summed E-state index contributed by atoms with van der Waals surface area (Å²) in [6, 6.07) is 21.3. The van der Waals surface area contributed by atoms with Crippen molar-refractivity contribution in [3.63, 3.8) is 0 Å². The molecule has 0 N–H and O–H groups in total. The number of rotatable bonds is 5. The van der Waals surface area contributed by atoms with Gasteiger partial charge in [0.2, 0.25) is 0 Å². The molecule has 260 valence electrons. The Bertz CT molecular complexity index is 1660. The number of ether oxygens (including phenoxy) is 2. The highest BCUT2D eigenvalue weighted by Crippen LogP contribution is 2.77. The van der Waals surface area contributed by atoms with E-state index < -0.39 is 0 Å². The molecular weight excluding hydrogens is 606 g/mol. The van der Waals surface area contributed by atoms with Gasteiger partial charge in [0.25, 0.3) is 0 Å². The predicted octanol–water partition coefficient (Wildman–Crippen LogP) is 10.2. The molecule has 5 nitrogen and oxygen atoms in total. The third-order valence-corrected chi connectivity index (χ3v) is 15.8. The van der Waals surface area contributed by atoms with Crippen molar-refractivity contribution in [1.82, 2.24) is 0 Å². The molecule has 0 amide bonds. The third kappa shape index (κ3) is 5.13. The number of carbonyl (C=O) groups excluding carboxylic acids is 2. The highest BCUT2D eigenvalue weighted by Gasteiger charge is 2.70. The second-order valence-corrected chi connectivity index (χ2v) is 17.9. The number of benzene rings is 2. The van der Waals surface area contributed by atoms with Gasteiger partial charge in [0.1, 0.15) is 6.10 Å². The molecule has 10 atom stereocenters. The summed E-state index contributed by atoms with van der Waals surface area (Å²) < 4.78 is 12.5.